The smallest absolute Gasteiger partial charge is 0.0645 e. The molecule has 1 aliphatic rings. The highest BCUT2D eigenvalue weighted by atomic mass is 16.5. The van der Waals surface area contributed by atoms with E-state index < -0.39 is 0 Å². The molecule has 2 nitrogen and oxygen atoms in total. The summed E-state index contributed by atoms with van der Waals surface area (Å²) in [6, 6.07) is 0.712. The molecule has 12 heavy (non-hydrogen) atoms. The molecule has 1 heterocycles. The molecule has 0 unspecified atom stereocenters. The SMILES string of the molecule is CC[C@@H](C)CN(CC)C1COC1. The molecule has 72 valence electrons. The molecular formula is C10H21NO. The number of ether oxygens (including phenoxy) is 1. The van der Waals surface area contributed by atoms with Gasteiger partial charge in [0.05, 0.1) is 19.3 Å². The molecule has 1 atom stereocenters. The van der Waals surface area contributed by atoms with Gasteiger partial charge in [-0.05, 0) is 12.5 Å². The highest BCUT2D eigenvalue weighted by molar-refractivity contribution is 4.77. The molecule has 0 spiro atoms. The maximum atomic E-state index is 5.19. The van der Waals surface area contributed by atoms with Crippen molar-refractivity contribution in [2.24, 2.45) is 5.92 Å². The van der Waals surface area contributed by atoms with Crippen molar-refractivity contribution in [2.45, 2.75) is 33.2 Å². The van der Waals surface area contributed by atoms with Crippen molar-refractivity contribution in [3.8, 4) is 0 Å². The third kappa shape index (κ3) is 2.46. The van der Waals surface area contributed by atoms with Crippen molar-refractivity contribution in [1.82, 2.24) is 4.90 Å². The number of rotatable bonds is 5. The van der Waals surface area contributed by atoms with Crippen molar-refractivity contribution < 1.29 is 4.74 Å². The lowest BCUT2D eigenvalue weighted by Crippen LogP contribution is -2.50. The highest BCUT2D eigenvalue weighted by Gasteiger charge is 2.25. The molecule has 0 amide bonds. The van der Waals surface area contributed by atoms with Crippen LogP contribution >= 0.6 is 0 Å². The summed E-state index contributed by atoms with van der Waals surface area (Å²) in [5, 5.41) is 0. The van der Waals surface area contributed by atoms with E-state index in [0.717, 1.165) is 19.1 Å². The van der Waals surface area contributed by atoms with Crippen LogP contribution in [0.15, 0.2) is 0 Å². The van der Waals surface area contributed by atoms with E-state index in [4.69, 9.17) is 4.74 Å². The quantitative estimate of drug-likeness (QED) is 0.625. The van der Waals surface area contributed by atoms with Gasteiger partial charge in [0, 0.05) is 6.54 Å². The van der Waals surface area contributed by atoms with Gasteiger partial charge in [-0.25, -0.2) is 0 Å². The number of hydrogen-bond donors (Lipinski definition) is 0. The lowest BCUT2D eigenvalue weighted by atomic mass is 10.1. The van der Waals surface area contributed by atoms with Crippen LogP contribution in [-0.4, -0.2) is 37.2 Å². The second kappa shape index (κ2) is 4.83. The zero-order chi connectivity index (χ0) is 8.97. The molecule has 0 bridgehead atoms. The van der Waals surface area contributed by atoms with Gasteiger partial charge in [-0.15, -0.1) is 0 Å². The van der Waals surface area contributed by atoms with Crippen LogP contribution in [0.5, 0.6) is 0 Å². The van der Waals surface area contributed by atoms with E-state index in [2.05, 4.69) is 25.7 Å². The zero-order valence-electron chi connectivity index (χ0n) is 8.55. The Morgan fingerprint density at radius 3 is 2.42 bits per heavy atom. The average molecular weight is 171 g/mol. The molecule has 0 aromatic carbocycles. The number of likely N-dealkylation sites (N-methyl/N-ethyl adjacent to an activating group) is 1. The molecule has 0 aliphatic carbocycles. The second-order valence-electron chi connectivity index (χ2n) is 3.79. The number of nitrogens with zero attached hydrogens (tertiary/aromatic N) is 1. The molecule has 0 aromatic rings. The first kappa shape index (κ1) is 10.0. The molecular weight excluding hydrogens is 150 g/mol. The van der Waals surface area contributed by atoms with E-state index >= 15 is 0 Å². The van der Waals surface area contributed by atoms with E-state index in [1.165, 1.54) is 19.5 Å². The summed E-state index contributed by atoms with van der Waals surface area (Å²) >= 11 is 0. The van der Waals surface area contributed by atoms with Crippen LogP contribution in [0.2, 0.25) is 0 Å². The highest BCUT2D eigenvalue weighted by Crippen LogP contribution is 2.13. The van der Waals surface area contributed by atoms with Crippen LogP contribution in [0.25, 0.3) is 0 Å². The van der Waals surface area contributed by atoms with E-state index in [1.54, 1.807) is 0 Å². The fourth-order valence-corrected chi connectivity index (χ4v) is 1.50. The molecule has 0 saturated carbocycles. The number of hydrogen-bond acceptors (Lipinski definition) is 2. The maximum Gasteiger partial charge on any atom is 0.0645 e. The van der Waals surface area contributed by atoms with Crippen LogP contribution in [0.1, 0.15) is 27.2 Å². The molecule has 1 fully saturated rings. The van der Waals surface area contributed by atoms with Gasteiger partial charge in [-0.3, -0.25) is 4.90 Å². The van der Waals surface area contributed by atoms with Gasteiger partial charge in [0.25, 0.3) is 0 Å². The minimum absolute atomic E-state index is 0.712. The Kier molecular flexibility index (Phi) is 4.02. The Labute approximate surface area is 75.9 Å². The summed E-state index contributed by atoms with van der Waals surface area (Å²) in [6.07, 6.45) is 1.28. The van der Waals surface area contributed by atoms with Crippen molar-refractivity contribution >= 4 is 0 Å². The van der Waals surface area contributed by atoms with Crippen molar-refractivity contribution in [2.75, 3.05) is 26.3 Å². The first-order chi connectivity index (χ1) is 5.77. The minimum atomic E-state index is 0.712. The summed E-state index contributed by atoms with van der Waals surface area (Å²) in [5.74, 6) is 0.825. The molecule has 1 rings (SSSR count). The molecule has 2 heteroatoms. The summed E-state index contributed by atoms with van der Waals surface area (Å²) in [4.78, 5) is 2.54. The van der Waals surface area contributed by atoms with Crippen LogP contribution in [-0.2, 0) is 4.74 Å². The Morgan fingerprint density at radius 1 is 1.42 bits per heavy atom. The van der Waals surface area contributed by atoms with E-state index in [-0.39, 0.29) is 0 Å². The maximum absolute atomic E-state index is 5.19. The molecule has 1 saturated heterocycles. The monoisotopic (exact) mass is 171 g/mol. The first-order valence-corrected chi connectivity index (χ1v) is 5.09. The topological polar surface area (TPSA) is 12.5 Å². The van der Waals surface area contributed by atoms with E-state index in [0.29, 0.717) is 6.04 Å². The zero-order valence-corrected chi connectivity index (χ0v) is 8.55. The fraction of sp³-hybridized carbons (Fsp3) is 1.00. The van der Waals surface area contributed by atoms with Crippen molar-refractivity contribution in [3.05, 3.63) is 0 Å². The molecule has 0 N–H and O–H groups in total. The van der Waals surface area contributed by atoms with Crippen molar-refractivity contribution in [1.29, 1.82) is 0 Å². The Balaban J connectivity index is 2.24. The van der Waals surface area contributed by atoms with E-state index in [9.17, 15) is 0 Å². The summed E-state index contributed by atoms with van der Waals surface area (Å²) in [6.45, 7) is 11.1. The van der Waals surface area contributed by atoms with Crippen molar-refractivity contribution in [3.63, 3.8) is 0 Å². The van der Waals surface area contributed by atoms with Gasteiger partial charge in [-0.1, -0.05) is 27.2 Å². The summed E-state index contributed by atoms with van der Waals surface area (Å²) in [5.41, 5.74) is 0. The molecule has 0 radical (unpaired) electrons. The van der Waals surface area contributed by atoms with Gasteiger partial charge in [0.2, 0.25) is 0 Å². The Bertz CT molecular complexity index is 123. The lowest BCUT2D eigenvalue weighted by Gasteiger charge is -2.37. The van der Waals surface area contributed by atoms with Gasteiger partial charge in [0.15, 0.2) is 0 Å². The largest absolute Gasteiger partial charge is 0.378 e. The fourth-order valence-electron chi connectivity index (χ4n) is 1.50. The first-order valence-electron chi connectivity index (χ1n) is 5.09. The van der Waals surface area contributed by atoms with Gasteiger partial charge in [0.1, 0.15) is 0 Å². The molecule has 0 aromatic heterocycles. The summed E-state index contributed by atoms with van der Waals surface area (Å²) in [7, 11) is 0. The van der Waals surface area contributed by atoms with Gasteiger partial charge >= 0.3 is 0 Å². The van der Waals surface area contributed by atoms with E-state index in [1.807, 2.05) is 0 Å². The van der Waals surface area contributed by atoms with Crippen LogP contribution in [0, 0.1) is 5.92 Å². The van der Waals surface area contributed by atoms with Crippen LogP contribution < -0.4 is 0 Å². The molecule has 1 aliphatic heterocycles. The average Bonchev–Trinajstić information content (AvgIpc) is 1.99. The lowest BCUT2D eigenvalue weighted by molar-refractivity contribution is -0.0668. The Morgan fingerprint density at radius 2 is 2.08 bits per heavy atom. The minimum Gasteiger partial charge on any atom is -0.378 e. The van der Waals surface area contributed by atoms with Gasteiger partial charge in [-0.2, -0.15) is 0 Å². The third-order valence-electron chi connectivity index (χ3n) is 2.79. The predicted octanol–water partition coefficient (Wildman–Crippen LogP) is 1.75. The van der Waals surface area contributed by atoms with Gasteiger partial charge < -0.3 is 4.74 Å². The predicted molar refractivity (Wildman–Crippen MR) is 51.3 cm³/mol. The van der Waals surface area contributed by atoms with Crippen LogP contribution in [0.4, 0.5) is 0 Å². The second-order valence-corrected chi connectivity index (χ2v) is 3.79. The third-order valence-corrected chi connectivity index (χ3v) is 2.79. The van der Waals surface area contributed by atoms with Crippen LogP contribution in [0.3, 0.4) is 0 Å². The standard InChI is InChI=1S/C10H21NO/c1-4-9(3)6-11(5-2)10-7-12-8-10/h9-10H,4-8H2,1-3H3/t9-/m1/s1. The normalized spacial score (nSPS) is 21.0. The Hall–Kier alpha value is -0.0800. The summed E-state index contributed by atoms with van der Waals surface area (Å²) < 4.78 is 5.19.